The highest BCUT2D eigenvalue weighted by Crippen LogP contribution is 2.37. The van der Waals surface area contributed by atoms with Gasteiger partial charge in [0.25, 0.3) is 5.69 Å². The van der Waals surface area contributed by atoms with Gasteiger partial charge in [-0.15, -0.1) is 0 Å². The van der Waals surface area contributed by atoms with Gasteiger partial charge in [0, 0.05) is 6.07 Å². The Morgan fingerprint density at radius 1 is 1.10 bits per heavy atom. The highest BCUT2D eigenvalue weighted by Gasteiger charge is 2.33. The summed E-state index contributed by atoms with van der Waals surface area (Å²) in [6.07, 6.45) is -4.67. The molecule has 0 spiro atoms. The van der Waals surface area contributed by atoms with Crippen molar-refractivity contribution in [1.29, 1.82) is 0 Å². The molecule has 5 nitrogen and oxygen atoms in total. The lowest BCUT2D eigenvalue weighted by Gasteiger charge is -2.11. The summed E-state index contributed by atoms with van der Waals surface area (Å²) in [6.45, 7) is 0. The first-order chi connectivity index (χ1) is 9.79. The van der Waals surface area contributed by atoms with Crippen molar-refractivity contribution in [3.8, 4) is 5.75 Å². The second-order valence-corrected chi connectivity index (χ2v) is 4.13. The minimum atomic E-state index is -4.67. The number of nitro groups is 1. The summed E-state index contributed by atoms with van der Waals surface area (Å²) in [5.41, 5.74) is -1.83. The van der Waals surface area contributed by atoms with E-state index in [2.05, 4.69) is 5.32 Å². The molecule has 0 radical (unpaired) electrons. The third-order valence-corrected chi connectivity index (χ3v) is 2.70. The van der Waals surface area contributed by atoms with E-state index in [1.54, 1.807) is 12.1 Å². The molecule has 0 aliphatic heterocycles. The SMILES string of the molecule is O=[N+]([O-])c1cc(C(F)(F)F)ccc1Nc1ccccc1O. The molecule has 0 aliphatic rings. The zero-order chi connectivity index (χ0) is 15.6. The number of aromatic hydroxyl groups is 1. The van der Waals surface area contributed by atoms with Gasteiger partial charge in [-0.2, -0.15) is 13.2 Å². The van der Waals surface area contributed by atoms with Crippen molar-refractivity contribution in [2.24, 2.45) is 0 Å². The highest BCUT2D eigenvalue weighted by molar-refractivity contribution is 5.73. The van der Waals surface area contributed by atoms with Crippen LogP contribution < -0.4 is 5.32 Å². The Morgan fingerprint density at radius 2 is 1.76 bits per heavy atom. The van der Waals surface area contributed by atoms with Crippen molar-refractivity contribution in [3.63, 3.8) is 0 Å². The van der Waals surface area contributed by atoms with E-state index in [4.69, 9.17) is 0 Å². The number of para-hydroxylation sites is 2. The summed E-state index contributed by atoms with van der Waals surface area (Å²) < 4.78 is 37.7. The van der Waals surface area contributed by atoms with Gasteiger partial charge in [0.05, 0.1) is 16.2 Å². The van der Waals surface area contributed by atoms with Crippen LogP contribution in [0.2, 0.25) is 0 Å². The number of benzene rings is 2. The van der Waals surface area contributed by atoms with Crippen LogP contribution in [-0.2, 0) is 6.18 Å². The largest absolute Gasteiger partial charge is 0.506 e. The number of hydrogen-bond donors (Lipinski definition) is 2. The average molecular weight is 298 g/mol. The fraction of sp³-hybridized carbons (Fsp3) is 0.0769. The predicted molar refractivity (Wildman–Crippen MR) is 69.5 cm³/mol. The normalized spacial score (nSPS) is 11.2. The molecule has 2 aromatic rings. The zero-order valence-corrected chi connectivity index (χ0v) is 10.4. The molecular weight excluding hydrogens is 289 g/mol. The first kappa shape index (κ1) is 14.6. The summed E-state index contributed by atoms with van der Waals surface area (Å²) in [4.78, 5) is 9.99. The smallest absolute Gasteiger partial charge is 0.416 e. The van der Waals surface area contributed by atoms with Crippen molar-refractivity contribution < 1.29 is 23.2 Å². The number of nitro benzene ring substituents is 1. The van der Waals surface area contributed by atoms with Gasteiger partial charge in [-0.05, 0) is 24.3 Å². The van der Waals surface area contributed by atoms with Gasteiger partial charge in [-0.25, -0.2) is 0 Å². The second-order valence-electron chi connectivity index (χ2n) is 4.13. The average Bonchev–Trinajstić information content (AvgIpc) is 2.40. The number of phenols is 1. The molecule has 21 heavy (non-hydrogen) atoms. The van der Waals surface area contributed by atoms with E-state index >= 15 is 0 Å². The van der Waals surface area contributed by atoms with Gasteiger partial charge < -0.3 is 10.4 Å². The number of hydrogen-bond acceptors (Lipinski definition) is 4. The quantitative estimate of drug-likeness (QED) is 0.509. The van der Waals surface area contributed by atoms with E-state index in [0.29, 0.717) is 6.07 Å². The van der Waals surface area contributed by atoms with E-state index in [0.717, 1.165) is 12.1 Å². The number of phenolic OH excluding ortho intramolecular Hbond substituents is 1. The molecule has 2 rings (SSSR count). The number of nitrogens with one attached hydrogen (secondary N) is 1. The topological polar surface area (TPSA) is 75.4 Å². The van der Waals surface area contributed by atoms with Gasteiger partial charge in [-0.1, -0.05) is 12.1 Å². The van der Waals surface area contributed by atoms with Gasteiger partial charge >= 0.3 is 6.18 Å². The van der Waals surface area contributed by atoms with Crippen LogP contribution in [0.25, 0.3) is 0 Å². The van der Waals surface area contributed by atoms with Crippen LogP contribution in [0.1, 0.15) is 5.56 Å². The Labute approximate surface area is 116 Å². The number of halogens is 3. The van der Waals surface area contributed by atoms with Crippen LogP contribution in [0.3, 0.4) is 0 Å². The zero-order valence-electron chi connectivity index (χ0n) is 10.4. The van der Waals surface area contributed by atoms with E-state index in [-0.39, 0.29) is 17.1 Å². The first-order valence-electron chi connectivity index (χ1n) is 5.69. The molecule has 8 heteroatoms. The molecule has 0 aromatic heterocycles. The summed E-state index contributed by atoms with van der Waals surface area (Å²) in [6, 6.07) is 8.03. The predicted octanol–water partition coefficient (Wildman–Crippen LogP) is 4.06. The first-order valence-corrected chi connectivity index (χ1v) is 5.69. The maximum Gasteiger partial charge on any atom is 0.416 e. The highest BCUT2D eigenvalue weighted by atomic mass is 19.4. The number of alkyl halides is 3. The molecule has 0 unspecified atom stereocenters. The Bertz CT molecular complexity index is 687. The van der Waals surface area contributed by atoms with Gasteiger partial charge in [0.2, 0.25) is 0 Å². The van der Waals surface area contributed by atoms with E-state index in [1.165, 1.54) is 12.1 Å². The molecule has 0 saturated heterocycles. The van der Waals surface area contributed by atoms with E-state index < -0.39 is 22.4 Å². The summed E-state index contributed by atoms with van der Waals surface area (Å²) in [5.74, 6) is -0.174. The molecule has 2 aromatic carbocycles. The number of anilines is 2. The maximum absolute atomic E-state index is 12.6. The van der Waals surface area contributed by atoms with Crippen molar-refractivity contribution >= 4 is 17.1 Å². The van der Waals surface area contributed by atoms with Crippen LogP contribution in [-0.4, -0.2) is 10.0 Å². The van der Waals surface area contributed by atoms with Crippen LogP contribution in [0.5, 0.6) is 5.75 Å². The van der Waals surface area contributed by atoms with Crippen LogP contribution in [0.4, 0.5) is 30.2 Å². The molecule has 0 aliphatic carbocycles. The summed E-state index contributed by atoms with van der Waals surface area (Å²) in [7, 11) is 0. The molecule has 0 heterocycles. The molecular formula is C13H9F3N2O3. The Hall–Kier alpha value is -2.77. The lowest BCUT2D eigenvalue weighted by Crippen LogP contribution is -2.06. The van der Waals surface area contributed by atoms with Crippen molar-refractivity contribution in [3.05, 3.63) is 58.1 Å². The van der Waals surface area contributed by atoms with Gasteiger partial charge in [0.15, 0.2) is 0 Å². The van der Waals surface area contributed by atoms with Gasteiger partial charge in [-0.3, -0.25) is 10.1 Å². The van der Waals surface area contributed by atoms with E-state index in [9.17, 15) is 28.4 Å². The molecule has 110 valence electrons. The Kier molecular flexibility index (Phi) is 3.70. The third kappa shape index (κ3) is 3.22. The maximum atomic E-state index is 12.6. The minimum absolute atomic E-state index is 0.144. The molecule has 0 fully saturated rings. The standard InChI is InChI=1S/C13H9F3N2O3/c14-13(15,16)8-5-6-9(11(7-8)18(20)21)17-10-3-1-2-4-12(10)19/h1-7,17,19H. The fourth-order valence-electron chi connectivity index (χ4n) is 1.69. The van der Waals surface area contributed by atoms with Crippen LogP contribution in [0, 0.1) is 10.1 Å². The molecule has 0 atom stereocenters. The summed E-state index contributed by atoms with van der Waals surface area (Å²) >= 11 is 0. The minimum Gasteiger partial charge on any atom is -0.506 e. The van der Waals surface area contributed by atoms with Gasteiger partial charge in [0.1, 0.15) is 11.4 Å². The molecule has 2 N–H and O–H groups in total. The lowest BCUT2D eigenvalue weighted by atomic mass is 10.1. The van der Waals surface area contributed by atoms with Crippen molar-refractivity contribution in [2.75, 3.05) is 5.32 Å². The summed E-state index contributed by atoms with van der Waals surface area (Å²) in [5, 5.41) is 23.0. The van der Waals surface area contributed by atoms with Crippen LogP contribution in [0.15, 0.2) is 42.5 Å². The molecule has 0 amide bonds. The van der Waals surface area contributed by atoms with Crippen molar-refractivity contribution in [2.45, 2.75) is 6.18 Å². The Morgan fingerprint density at radius 3 is 2.33 bits per heavy atom. The lowest BCUT2D eigenvalue weighted by molar-refractivity contribution is -0.384. The monoisotopic (exact) mass is 298 g/mol. The molecule has 0 bridgehead atoms. The molecule has 0 saturated carbocycles. The third-order valence-electron chi connectivity index (χ3n) is 2.70. The van der Waals surface area contributed by atoms with Crippen molar-refractivity contribution in [1.82, 2.24) is 0 Å². The van der Waals surface area contributed by atoms with Crippen LogP contribution >= 0.6 is 0 Å². The van der Waals surface area contributed by atoms with E-state index in [1.807, 2.05) is 0 Å². The number of rotatable bonds is 3. The Balaban J connectivity index is 2.45. The number of nitrogens with zero attached hydrogens (tertiary/aromatic N) is 1. The second kappa shape index (κ2) is 5.31. The fourth-order valence-corrected chi connectivity index (χ4v) is 1.69.